The van der Waals surface area contributed by atoms with Crippen molar-refractivity contribution in [3.05, 3.63) is 59.7 Å². The Balaban J connectivity index is 0.000000186. The third-order valence-electron chi connectivity index (χ3n) is 4.02. The predicted octanol–water partition coefficient (Wildman–Crippen LogP) is 0.904. The molecular formula is C22H26ClN2O6-. The van der Waals surface area contributed by atoms with E-state index in [9.17, 15) is 14.7 Å². The molecule has 2 amide bonds. The summed E-state index contributed by atoms with van der Waals surface area (Å²) in [6, 6.07) is 13.4. The molecular weight excluding hydrogens is 424 g/mol. The number of alkyl halides is 1. The molecule has 168 valence electrons. The molecule has 0 saturated carbocycles. The average Bonchev–Trinajstić information content (AvgIpc) is 3.64. The van der Waals surface area contributed by atoms with Crippen LogP contribution in [-0.2, 0) is 31.9 Å². The van der Waals surface area contributed by atoms with Gasteiger partial charge in [0, 0.05) is 0 Å². The molecule has 2 aromatic rings. The lowest BCUT2D eigenvalue weighted by atomic mass is 10.1. The van der Waals surface area contributed by atoms with Crippen molar-refractivity contribution in [2.24, 2.45) is 11.5 Å². The van der Waals surface area contributed by atoms with E-state index in [1.54, 1.807) is 12.1 Å². The first-order chi connectivity index (χ1) is 14.9. The largest absolute Gasteiger partial charge is 0.872 e. The molecule has 2 atom stereocenters. The van der Waals surface area contributed by atoms with E-state index >= 15 is 0 Å². The summed E-state index contributed by atoms with van der Waals surface area (Å²) < 4.78 is 15.2. The maximum atomic E-state index is 10.7. The normalized spacial score (nSPS) is 17.8. The lowest BCUT2D eigenvalue weighted by molar-refractivity contribution is -0.268. The van der Waals surface area contributed by atoms with Gasteiger partial charge in [0.25, 0.3) is 0 Å². The van der Waals surface area contributed by atoms with Gasteiger partial charge in [-0.3, -0.25) is 9.59 Å². The zero-order chi connectivity index (χ0) is 22.6. The number of primary amides is 2. The molecule has 2 saturated heterocycles. The molecule has 0 aromatic heterocycles. The standard InChI is InChI=1S/C11H13NO3.C8H9NO2.C3H5ClO/c12-11(13)5-8-1-3-9(4-2-8)14-6-10-7-15-10;9-8(11)5-6-1-3-7(10)4-2-6;4-1-3-2-5-3/h1-4,10H,5-7H2,(H2,12,13);1-4,10H,5H2,(H2,9,11);3H,1-2H2/p-1/t10-;;3-/m0.0/s1. The number of ether oxygens (including phenoxy) is 3. The van der Waals surface area contributed by atoms with Crippen LogP contribution >= 0.6 is 11.6 Å². The van der Waals surface area contributed by atoms with Crippen LogP contribution in [0, 0.1) is 0 Å². The molecule has 2 heterocycles. The summed E-state index contributed by atoms with van der Waals surface area (Å²) >= 11 is 5.27. The molecule has 4 N–H and O–H groups in total. The quantitative estimate of drug-likeness (QED) is 0.452. The first-order valence-corrected chi connectivity index (χ1v) is 10.2. The summed E-state index contributed by atoms with van der Waals surface area (Å²) in [5, 5.41) is 10.6. The van der Waals surface area contributed by atoms with Crippen molar-refractivity contribution in [3.63, 3.8) is 0 Å². The van der Waals surface area contributed by atoms with Crippen LogP contribution in [0.1, 0.15) is 11.1 Å². The summed E-state index contributed by atoms with van der Waals surface area (Å²) in [7, 11) is 0. The summed E-state index contributed by atoms with van der Waals surface area (Å²) in [5.41, 5.74) is 11.7. The van der Waals surface area contributed by atoms with Gasteiger partial charge in [0.05, 0.1) is 38.0 Å². The summed E-state index contributed by atoms with van der Waals surface area (Å²) in [4.78, 5) is 21.0. The number of nitrogens with two attached hydrogens (primary N) is 2. The van der Waals surface area contributed by atoms with Gasteiger partial charge in [-0.15, -0.1) is 17.4 Å². The Bertz CT molecular complexity index is 821. The van der Waals surface area contributed by atoms with Crippen LogP contribution in [0.15, 0.2) is 48.5 Å². The van der Waals surface area contributed by atoms with Crippen LogP contribution in [0.4, 0.5) is 0 Å². The molecule has 2 aromatic carbocycles. The van der Waals surface area contributed by atoms with E-state index in [2.05, 4.69) is 0 Å². The van der Waals surface area contributed by atoms with E-state index in [4.69, 9.17) is 37.3 Å². The van der Waals surface area contributed by atoms with Crippen molar-refractivity contribution in [1.82, 2.24) is 0 Å². The van der Waals surface area contributed by atoms with Crippen molar-refractivity contribution in [2.75, 3.05) is 25.7 Å². The van der Waals surface area contributed by atoms with Crippen LogP contribution < -0.4 is 21.3 Å². The van der Waals surface area contributed by atoms with E-state index in [1.807, 2.05) is 24.3 Å². The van der Waals surface area contributed by atoms with Gasteiger partial charge >= 0.3 is 0 Å². The minimum atomic E-state index is -0.386. The predicted molar refractivity (Wildman–Crippen MR) is 114 cm³/mol. The van der Waals surface area contributed by atoms with E-state index in [-0.39, 0.29) is 36.5 Å². The second kappa shape index (κ2) is 12.8. The van der Waals surface area contributed by atoms with Gasteiger partial charge < -0.3 is 30.8 Å². The lowest BCUT2D eigenvalue weighted by Gasteiger charge is -2.04. The molecule has 2 fully saturated rings. The highest BCUT2D eigenvalue weighted by molar-refractivity contribution is 6.18. The van der Waals surface area contributed by atoms with Gasteiger partial charge in [0.2, 0.25) is 11.8 Å². The number of amides is 2. The molecule has 0 spiro atoms. The van der Waals surface area contributed by atoms with Crippen molar-refractivity contribution < 1.29 is 28.9 Å². The first kappa shape index (κ1) is 24.5. The monoisotopic (exact) mass is 449 g/mol. The SMILES string of the molecule is ClC[C@H]1CO1.NC(=O)Cc1ccc(OC[C@H]2CO2)cc1.NC(=O)Cc1ccc([O-])cc1. The number of halogens is 1. The van der Waals surface area contributed by atoms with E-state index in [0.717, 1.165) is 30.1 Å². The summed E-state index contributed by atoms with van der Waals surface area (Å²) in [6.45, 7) is 2.26. The van der Waals surface area contributed by atoms with E-state index in [1.165, 1.54) is 12.1 Å². The molecule has 2 aliphatic heterocycles. The fourth-order valence-corrected chi connectivity index (χ4v) is 2.40. The highest BCUT2D eigenvalue weighted by Gasteiger charge is 2.23. The van der Waals surface area contributed by atoms with E-state index < -0.39 is 0 Å². The molecule has 8 nitrogen and oxygen atoms in total. The van der Waals surface area contributed by atoms with Crippen LogP contribution in [0.2, 0.25) is 0 Å². The summed E-state index contributed by atoms with van der Waals surface area (Å²) in [6.07, 6.45) is 1.12. The van der Waals surface area contributed by atoms with Crippen LogP contribution in [0.5, 0.6) is 11.5 Å². The van der Waals surface area contributed by atoms with Crippen molar-refractivity contribution >= 4 is 23.4 Å². The van der Waals surface area contributed by atoms with Gasteiger partial charge in [0.15, 0.2) is 0 Å². The number of rotatable bonds is 8. The van der Waals surface area contributed by atoms with Crippen LogP contribution in [0.3, 0.4) is 0 Å². The highest BCUT2D eigenvalue weighted by Crippen LogP contribution is 2.16. The molecule has 4 rings (SSSR count). The van der Waals surface area contributed by atoms with Gasteiger partial charge in [-0.2, -0.15) is 0 Å². The molecule has 9 heteroatoms. The maximum Gasteiger partial charge on any atom is 0.221 e. The molecule has 2 aliphatic rings. The molecule has 0 aliphatic carbocycles. The molecule has 0 radical (unpaired) electrons. The second-order valence-electron chi connectivity index (χ2n) is 6.95. The van der Waals surface area contributed by atoms with Gasteiger partial charge in [-0.05, 0) is 23.3 Å². The van der Waals surface area contributed by atoms with Crippen molar-refractivity contribution in [2.45, 2.75) is 25.0 Å². The number of hydrogen-bond donors (Lipinski definition) is 2. The Labute approximate surface area is 186 Å². The number of carbonyl (C=O) groups excluding carboxylic acids is 2. The Morgan fingerprint density at radius 3 is 1.71 bits per heavy atom. The zero-order valence-corrected chi connectivity index (χ0v) is 17.8. The lowest BCUT2D eigenvalue weighted by Crippen LogP contribution is -2.13. The Kier molecular flexibility index (Phi) is 10.1. The third-order valence-corrected chi connectivity index (χ3v) is 4.36. The topological polar surface area (TPSA) is 144 Å². The molecule has 31 heavy (non-hydrogen) atoms. The Morgan fingerprint density at radius 1 is 0.903 bits per heavy atom. The molecule has 0 unspecified atom stereocenters. The van der Waals surface area contributed by atoms with Crippen molar-refractivity contribution in [3.8, 4) is 11.5 Å². The first-order valence-electron chi connectivity index (χ1n) is 9.69. The van der Waals surface area contributed by atoms with Crippen LogP contribution in [0.25, 0.3) is 0 Å². The minimum Gasteiger partial charge on any atom is -0.872 e. The van der Waals surface area contributed by atoms with Crippen LogP contribution in [-0.4, -0.2) is 49.7 Å². The second-order valence-corrected chi connectivity index (χ2v) is 7.26. The van der Waals surface area contributed by atoms with Gasteiger partial charge in [-0.25, -0.2) is 0 Å². The maximum absolute atomic E-state index is 10.7. The van der Waals surface area contributed by atoms with E-state index in [0.29, 0.717) is 18.6 Å². The fraction of sp³-hybridized carbons (Fsp3) is 0.364. The Morgan fingerprint density at radius 2 is 1.35 bits per heavy atom. The average molecular weight is 450 g/mol. The van der Waals surface area contributed by atoms with Crippen molar-refractivity contribution in [1.29, 1.82) is 0 Å². The number of carbonyl (C=O) groups is 2. The minimum absolute atomic E-state index is 0.0572. The Hall–Kier alpha value is -2.81. The fourth-order valence-electron chi connectivity index (χ4n) is 2.22. The number of benzene rings is 2. The zero-order valence-electron chi connectivity index (χ0n) is 17.0. The smallest absolute Gasteiger partial charge is 0.221 e. The summed E-state index contributed by atoms with van der Waals surface area (Å²) in [5.74, 6) is 0.690. The van der Waals surface area contributed by atoms with Gasteiger partial charge in [0.1, 0.15) is 18.5 Å². The van der Waals surface area contributed by atoms with Gasteiger partial charge in [-0.1, -0.05) is 36.4 Å². The highest BCUT2D eigenvalue weighted by atomic mass is 35.5. The molecule has 0 bridgehead atoms. The number of epoxide rings is 2. The number of hydrogen-bond acceptors (Lipinski definition) is 6. The third kappa shape index (κ3) is 11.8.